The molecule has 0 radical (unpaired) electrons. The van der Waals surface area contributed by atoms with E-state index in [1.807, 2.05) is 0 Å². The maximum Gasteiger partial charge on any atom is 0.251 e. The van der Waals surface area contributed by atoms with E-state index < -0.39 is 11.5 Å². The molecule has 0 aromatic carbocycles. The van der Waals surface area contributed by atoms with Crippen LogP contribution in [0.5, 0.6) is 0 Å². The van der Waals surface area contributed by atoms with Gasteiger partial charge < -0.3 is 11.1 Å². The van der Waals surface area contributed by atoms with Gasteiger partial charge in [0.05, 0.1) is 5.41 Å². The fourth-order valence-electron chi connectivity index (χ4n) is 3.11. The van der Waals surface area contributed by atoms with Crippen LogP contribution in [0.15, 0.2) is 0 Å². The average molecular weight is 281 g/mol. The van der Waals surface area contributed by atoms with Crippen molar-refractivity contribution in [3.8, 4) is 0 Å². The fourth-order valence-corrected chi connectivity index (χ4v) is 3.11. The predicted octanol–water partition coefficient (Wildman–Crippen LogP) is 0.159. The summed E-state index contributed by atoms with van der Waals surface area (Å²) in [5, 5.41) is 2.82. The molecule has 112 valence electrons. The Kier molecular flexibility index (Phi) is 4.42. The smallest absolute Gasteiger partial charge is 0.251 e. The zero-order chi connectivity index (χ0) is 14.8. The van der Waals surface area contributed by atoms with Crippen molar-refractivity contribution in [3.05, 3.63) is 0 Å². The van der Waals surface area contributed by atoms with Crippen molar-refractivity contribution in [3.63, 3.8) is 0 Å². The molecule has 3 amide bonds. The Hall–Kier alpha value is -1.43. The van der Waals surface area contributed by atoms with Crippen molar-refractivity contribution in [1.82, 2.24) is 10.2 Å². The van der Waals surface area contributed by atoms with Gasteiger partial charge >= 0.3 is 0 Å². The molecule has 1 unspecified atom stereocenters. The van der Waals surface area contributed by atoms with Crippen molar-refractivity contribution in [2.75, 3.05) is 13.6 Å². The number of hydrogen-bond donors (Lipinski definition) is 2. The van der Waals surface area contributed by atoms with Crippen molar-refractivity contribution < 1.29 is 14.4 Å². The molecule has 1 saturated carbocycles. The molecule has 1 heterocycles. The van der Waals surface area contributed by atoms with Gasteiger partial charge in [-0.25, -0.2) is 0 Å². The van der Waals surface area contributed by atoms with Gasteiger partial charge in [-0.2, -0.15) is 0 Å². The number of hydrogen-bond acceptors (Lipinski definition) is 4. The van der Waals surface area contributed by atoms with Gasteiger partial charge in [0, 0.05) is 20.0 Å². The van der Waals surface area contributed by atoms with E-state index in [2.05, 4.69) is 5.32 Å². The summed E-state index contributed by atoms with van der Waals surface area (Å²) < 4.78 is 0. The van der Waals surface area contributed by atoms with Crippen LogP contribution in [0.2, 0.25) is 0 Å². The van der Waals surface area contributed by atoms with Crippen LogP contribution < -0.4 is 11.1 Å². The second kappa shape index (κ2) is 5.91. The number of carbonyl (C=O) groups is 3. The monoisotopic (exact) mass is 281 g/mol. The van der Waals surface area contributed by atoms with Crippen molar-refractivity contribution in [2.45, 2.75) is 51.0 Å². The first kappa shape index (κ1) is 15.0. The zero-order valence-electron chi connectivity index (χ0n) is 12.0. The second-order valence-corrected chi connectivity index (χ2v) is 5.90. The van der Waals surface area contributed by atoms with Gasteiger partial charge in [-0.3, -0.25) is 19.3 Å². The Morgan fingerprint density at radius 1 is 1.35 bits per heavy atom. The van der Waals surface area contributed by atoms with Crippen LogP contribution in [-0.4, -0.2) is 42.3 Å². The van der Waals surface area contributed by atoms with Crippen molar-refractivity contribution >= 4 is 17.7 Å². The fraction of sp³-hybridized carbons (Fsp3) is 0.786. The number of nitrogens with one attached hydrogen (secondary N) is 1. The van der Waals surface area contributed by atoms with Gasteiger partial charge in [0.2, 0.25) is 11.8 Å². The summed E-state index contributed by atoms with van der Waals surface area (Å²) >= 11 is 0. The molecule has 3 N–H and O–H groups in total. The van der Waals surface area contributed by atoms with Crippen molar-refractivity contribution in [2.24, 2.45) is 11.1 Å². The third-order valence-electron chi connectivity index (χ3n) is 4.64. The number of nitrogens with two attached hydrogens (primary N) is 1. The average Bonchev–Trinajstić information content (AvgIpc) is 2.48. The van der Waals surface area contributed by atoms with Crippen LogP contribution in [0.3, 0.4) is 0 Å². The summed E-state index contributed by atoms with van der Waals surface area (Å²) in [5.74, 6) is -0.634. The second-order valence-electron chi connectivity index (χ2n) is 5.90. The Bertz CT molecular complexity index is 416. The van der Waals surface area contributed by atoms with Crippen LogP contribution in [0, 0.1) is 5.41 Å². The molecule has 0 bridgehead atoms. The molecule has 20 heavy (non-hydrogen) atoms. The lowest BCUT2D eigenvalue weighted by Crippen LogP contribution is -2.57. The van der Waals surface area contributed by atoms with Crippen molar-refractivity contribution in [1.29, 1.82) is 0 Å². The molecule has 2 fully saturated rings. The molecule has 1 saturated heterocycles. The first-order valence-corrected chi connectivity index (χ1v) is 7.31. The van der Waals surface area contributed by atoms with Gasteiger partial charge in [0.1, 0.15) is 6.04 Å². The Balaban J connectivity index is 2.03. The molecule has 6 nitrogen and oxygen atoms in total. The van der Waals surface area contributed by atoms with E-state index in [1.54, 1.807) is 0 Å². The normalized spacial score (nSPS) is 26.5. The number of nitrogens with zero attached hydrogens (tertiary/aromatic N) is 1. The SMILES string of the molecule is CN1C(=O)CCC(NC(=O)C2(CN)CCCCC2)C1=O. The Morgan fingerprint density at radius 3 is 2.60 bits per heavy atom. The lowest BCUT2D eigenvalue weighted by Gasteiger charge is -2.37. The van der Waals surface area contributed by atoms with Gasteiger partial charge in [0.25, 0.3) is 5.91 Å². The lowest BCUT2D eigenvalue weighted by molar-refractivity contribution is -0.150. The molecule has 6 heteroatoms. The zero-order valence-corrected chi connectivity index (χ0v) is 12.0. The highest BCUT2D eigenvalue weighted by Gasteiger charge is 2.41. The summed E-state index contributed by atoms with van der Waals surface area (Å²) in [4.78, 5) is 37.0. The Labute approximate surface area is 119 Å². The van der Waals surface area contributed by atoms with Gasteiger partial charge in [-0.05, 0) is 19.3 Å². The first-order valence-electron chi connectivity index (χ1n) is 7.31. The largest absolute Gasteiger partial charge is 0.344 e. The number of amides is 3. The highest BCUT2D eigenvalue weighted by molar-refractivity contribution is 6.01. The minimum atomic E-state index is -0.587. The number of likely N-dealkylation sites (N-methyl/N-ethyl adjacent to an activating group) is 1. The Morgan fingerprint density at radius 2 is 2.00 bits per heavy atom. The molecule has 1 aliphatic heterocycles. The van der Waals surface area contributed by atoms with Gasteiger partial charge in [-0.1, -0.05) is 19.3 Å². The van der Waals surface area contributed by atoms with E-state index in [9.17, 15) is 14.4 Å². The van der Waals surface area contributed by atoms with Crippen LogP contribution >= 0.6 is 0 Å². The molecule has 2 rings (SSSR count). The van der Waals surface area contributed by atoms with Crippen LogP contribution in [-0.2, 0) is 14.4 Å². The minimum Gasteiger partial charge on any atom is -0.344 e. The third kappa shape index (κ3) is 2.70. The molecular formula is C14H23N3O3. The standard InChI is InChI=1S/C14H23N3O3/c1-17-11(18)6-5-10(12(17)19)16-13(20)14(9-15)7-3-2-4-8-14/h10H,2-9,15H2,1H3,(H,16,20). The predicted molar refractivity (Wildman–Crippen MR) is 73.5 cm³/mol. The summed E-state index contributed by atoms with van der Waals surface area (Å²) in [6, 6.07) is -0.587. The molecule has 0 spiro atoms. The number of likely N-dealkylation sites (tertiary alicyclic amines) is 1. The summed E-state index contributed by atoms with van der Waals surface area (Å²) in [6.45, 7) is 0.314. The van der Waals surface area contributed by atoms with Crippen LogP contribution in [0.4, 0.5) is 0 Å². The maximum atomic E-state index is 12.5. The third-order valence-corrected chi connectivity index (χ3v) is 4.64. The molecule has 0 aromatic heterocycles. The van der Waals surface area contributed by atoms with Crippen LogP contribution in [0.1, 0.15) is 44.9 Å². The number of rotatable bonds is 3. The van der Waals surface area contributed by atoms with E-state index in [1.165, 1.54) is 7.05 Å². The molecular weight excluding hydrogens is 258 g/mol. The van der Waals surface area contributed by atoms with E-state index in [4.69, 9.17) is 5.73 Å². The quantitative estimate of drug-likeness (QED) is 0.721. The van der Waals surface area contributed by atoms with E-state index >= 15 is 0 Å². The number of imide groups is 1. The minimum absolute atomic E-state index is 0.124. The molecule has 1 aliphatic carbocycles. The first-order chi connectivity index (χ1) is 9.50. The van der Waals surface area contributed by atoms with Gasteiger partial charge in [0.15, 0.2) is 0 Å². The highest BCUT2D eigenvalue weighted by atomic mass is 16.2. The lowest BCUT2D eigenvalue weighted by atomic mass is 9.73. The van der Waals surface area contributed by atoms with E-state index in [-0.39, 0.29) is 17.7 Å². The summed E-state index contributed by atoms with van der Waals surface area (Å²) in [7, 11) is 1.46. The number of carbonyl (C=O) groups excluding carboxylic acids is 3. The molecule has 2 aliphatic rings. The summed E-state index contributed by atoms with van der Waals surface area (Å²) in [5.41, 5.74) is 5.29. The maximum absolute atomic E-state index is 12.5. The molecule has 0 aromatic rings. The van der Waals surface area contributed by atoms with Crippen LogP contribution in [0.25, 0.3) is 0 Å². The molecule has 1 atom stereocenters. The topological polar surface area (TPSA) is 92.5 Å². The summed E-state index contributed by atoms with van der Waals surface area (Å²) in [6.07, 6.45) is 5.38. The highest BCUT2D eigenvalue weighted by Crippen LogP contribution is 2.35. The van der Waals surface area contributed by atoms with E-state index in [0.717, 1.165) is 37.0 Å². The van der Waals surface area contributed by atoms with Gasteiger partial charge in [-0.15, -0.1) is 0 Å². The van der Waals surface area contributed by atoms with E-state index in [0.29, 0.717) is 19.4 Å². The number of piperidine rings is 1.